The van der Waals surface area contributed by atoms with E-state index >= 15 is 0 Å². The van der Waals surface area contributed by atoms with Gasteiger partial charge in [0, 0.05) is 5.25 Å². The van der Waals surface area contributed by atoms with Crippen molar-refractivity contribution in [2.24, 2.45) is 17.8 Å². The molecule has 0 saturated heterocycles. The van der Waals surface area contributed by atoms with Gasteiger partial charge in [0.1, 0.15) is 0 Å². The summed E-state index contributed by atoms with van der Waals surface area (Å²) in [5.74, 6) is 2.60. The van der Waals surface area contributed by atoms with Crippen LogP contribution in [0.1, 0.15) is 33.6 Å². The maximum atomic E-state index is 4.56. The van der Waals surface area contributed by atoms with E-state index in [1.54, 1.807) is 0 Å². The number of hydrogen-bond acceptors (Lipinski definition) is 1. The molecule has 0 nitrogen and oxygen atoms in total. The third-order valence-corrected chi connectivity index (χ3v) is 3.98. The molecule has 0 aromatic rings. The Balaban J connectivity index is 2.52. The lowest BCUT2D eigenvalue weighted by Crippen LogP contribution is -2.30. The van der Waals surface area contributed by atoms with Crippen LogP contribution in [0.4, 0.5) is 0 Å². The molecule has 1 saturated carbocycles. The lowest BCUT2D eigenvalue weighted by atomic mass is 9.74. The van der Waals surface area contributed by atoms with Crippen LogP contribution >= 0.6 is 12.6 Å². The molecule has 0 amide bonds. The van der Waals surface area contributed by atoms with Crippen LogP contribution in [0.5, 0.6) is 0 Å². The maximum Gasteiger partial charge on any atom is 0.00451 e. The first-order valence-electron chi connectivity index (χ1n) is 4.31. The fourth-order valence-electron chi connectivity index (χ4n) is 1.83. The summed E-state index contributed by atoms with van der Waals surface area (Å²) in [5.41, 5.74) is 0. The minimum Gasteiger partial charge on any atom is -0.176 e. The minimum atomic E-state index is 0.659. The summed E-state index contributed by atoms with van der Waals surface area (Å²) in [7, 11) is 0. The first-order chi connectivity index (χ1) is 4.63. The quantitative estimate of drug-likeness (QED) is 0.515. The average Bonchev–Trinajstić information content (AvgIpc) is 1.93. The predicted octanol–water partition coefficient (Wildman–Crippen LogP) is 2.99. The van der Waals surface area contributed by atoms with Gasteiger partial charge in [0.05, 0.1) is 0 Å². The zero-order valence-electron chi connectivity index (χ0n) is 7.17. The van der Waals surface area contributed by atoms with Crippen molar-refractivity contribution in [3.63, 3.8) is 0 Å². The molecule has 0 aromatic carbocycles. The number of hydrogen-bond donors (Lipinski definition) is 1. The van der Waals surface area contributed by atoms with Crippen molar-refractivity contribution in [3.05, 3.63) is 0 Å². The van der Waals surface area contributed by atoms with Gasteiger partial charge < -0.3 is 0 Å². The molecule has 0 spiro atoms. The Labute approximate surface area is 69.8 Å². The predicted molar refractivity (Wildman–Crippen MR) is 49.5 cm³/mol. The fourth-order valence-corrected chi connectivity index (χ4v) is 2.25. The van der Waals surface area contributed by atoms with Gasteiger partial charge >= 0.3 is 0 Å². The SMILES string of the molecule is CC1C(S)CC[C@H](C)C1C. The Morgan fingerprint density at radius 3 is 2.10 bits per heavy atom. The van der Waals surface area contributed by atoms with Crippen molar-refractivity contribution in [1.29, 1.82) is 0 Å². The van der Waals surface area contributed by atoms with Gasteiger partial charge in [0.2, 0.25) is 0 Å². The van der Waals surface area contributed by atoms with Gasteiger partial charge in [-0.3, -0.25) is 0 Å². The lowest BCUT2D eigenvalue weighted by molar-refractivity contribution is 0.206. The highest BCUT2D eigenvalue weighted by atomic mass is 32.1. The molecular weight excluding hydrogens is 140 g/mol. The highest BCUT2D eigenvalue weighted by Crippen LogP contribution is 2.36. The Bertz CT molecular complexity index is 97.3. The molecule has 60 valence electrons. The van der Waals surface area contributed by atoms with E-state index in [2.05, 4.69) is 33.4 Å². The third kappa shape index (κ3) is 1.50. The topological polar surface area (TPSA) is 0 Å². The van der Waals surface area contributed by atoms with Crippen LogP contribution in [-0.4, -0.2) is 5.25 Å². The van der Waals surface area contributed by atoms with Crippen molar-refractivity contribution in [2.75, 3.05) is 0 Å². The fraction of sp³-hybridized carbons (Fsp3) is 1.00. The van der Waals surface area contributed by atoms with Gasteiger partial charge in [-0.1, -0.05) is 20.8 Å². The second-order valence-corrected chi connectivity index (χ2v) is 4.50. The summed E-state index contributed by atoms with van der Waals surface area (Å²) in [6.45, 7) is 7.05. The monoisotopic (exact) mass is 158 g/mol. The third-order valence-electron chi connectivity index (χ3n) is 3.25. The zero-order valence-corrected chi connectivity index (χ0v) is 8.07. The molecule has 1 heteroatoms. The Morgan fingerprint density at radius 1 is 1.00 bits per heavy atom. The summed E-state index contributed by atoms with van der Waals surface area (Å²) in [6.07, 6.45) is 2.69. The molecule has 0 N–H and O–H groups in total. The summed E-state index contributed by atoms with van der Waals surface area (Å²) in [4.78, 5) is 0. The molecule has 0 radical (unpaired) electrons. The normalized spacial score (nSPS) is 49.2. The molecule has 1 aliphatic rings. The highest BCUT2D eigenvalue weighted by molar-refractivity contribution is 7.81. The van der Waals surface area contributed by atoms with Crippen molar-refractivity contribution >= 4 is 12.6 Å². The maximum absolute atomic E-state index is 4.56. The largest absolute Gasteiger partial charge is 0.176 e. The summed E-state index contributed by atoms with van der Waals surface area (Å²) >= 11 is 4.56. The van der Waals surface area contributed by atoms with E-state index in [4.69, 9.17) is 0 Å². The summed E-state index contributed by atoms with van der Waals surface area (Å²) in [6, 6.07) is 0. The summed E-state index contributed by atoms with van der Waals surface area (Å²) in [5, 5.41) is 0.659. The van der Waals surface area contributed by atoms with Gasteiger partial charge in [0.25, 0.3) is 0 Å². The molecule has 1 fully saturated rings. The summed E-state index contributed by atoms with van der Waals surface area (Å²) < 4.78 is 0. The molecule has 0 aromatic heterocycles. The Kier molecular flexibility index (Phi) is 2.67. The second kappa shape index (κ2) is 3.17. The molecule has 0 aliphatic heterocycles. The standard InChI is InChI=1S/C9H18S/c1-6-4-5-9(10)8(3)7(6)2/h6-10H,4-5H2,1-3H3/t6-,7?,8?,9?/m0/s1. The van der Waals surface area contributed by atoms with Crippen LogP contribution in [0.3, 0.4) is 0 Å². The Morgan fingerprint density at radius 2 is 1.60 bits per heavy atom. The molecule has 4 atom stereocenters. The van der Waals surface area contributed by atoms with Crippen LogP contribution in [0.2, 0.25) is 0 Å². The van der Waals surface area contributed by atoms with Crippen molar-refractivity contribution < 1.29 is 0 Å². The molecule has 10 heavy (non-hydrogen) atoms. The van der Waals surface area contributed by atoms with E-state index in [9.17, 15) is 0 Å². The van der Waals surface area contributed by atoms with E-state index in [0.29, 0.717) is 5.25 Å². The second-order valence-electron chi connectivity index (χ2n) is 3.84. The van der Waals surface area contributed by atoms with E-state index in [0.717, 1.165) is 17.8 Å². The minimum absolute atomic E-state index is 0.659. The molecular formula is C9H18S. The van der Waals surface area contributed by atoms with Crippen molar-refractivity contribution in [3.8, 4) is 0 Å². The van der Waals surface area contributed by atoms with Crippen LogP contribution in [-0.2, 0) is 0 Å². The van der Waals surface area contributed by atoms with Crippen LogP contribution in [0.15, 0.2) is 0 Å². The molecule has 0 bridgehead atoms. The Hall–Kier alpha value is 0.350. The van der Waals surface area contributed by atoms with Crippen LogP contribution in [0, 0.1) is 17.8 Å². The molecule has 1 aliphatic carbocycles. The van der Waals surface area contributed by atoms with Gasteiger partial charge in [0.15, 0.2) is 0 Å². The van der Waals surface area contributed by atoms with Crippen LogP contribution < -0.4 is 0 Å². The molecule has 3 unspecified atom stereocenters. The first-order valence-corrected chi connectivity index (χ1v) is 4.82. The van der Waals surface area contributed by atoms with E-state index < -0.39 is 0 Å². The van der Waals surface area contributed by atoms with Gasteiger partial charge in [-0.05, 0) is 30.6 Å². The zero-order chi connectivity index (χ0) is 7.72. The van der Waals surface area contributed by atoms with Crippen LogP contribution in [0.25, 0.3) is 0 Å². The van der Waals surface area contributed by atoms with E-state index in [1.807, 2.05) is 0 Å². The number of thiol groups is 1. The number of rotatable bonds is 0. The molecule has 0 heterocycles. The first kappa shape index (κ1) is 8.45. The highest BCUT2D eigenvalue weighted by Gasteiger charge is 2.29. The van der Waals surface area contributed by atoms with Gasteiger partial charge in [-0.2, -0.15) is 12.6 Å². The lowest BCUT2D eigenvalue weighted by Gasteiger charge is -2.36. The van der Waals surface area contributed by atoms with Gasteiger partial charge in [-0.25, -0.2) is 0 Å². The van der Waals surface area contributed by atoms with Crippen molar-refractivity contribution in [1.82, 2.24) is 0 Å². The average molecular weight is 158 g/mol. The van der Waals surface area contributed by atoms with E-state index in [1.165, 1.54) is 12.8 Å². The van der Waals surface area contributed by atoms with Gasteiger partial charge in [-0.15, -0.1) is 0 Å². The van der Waals surface area contributed by atoms with E-state index in [-0.39, 0.29) is 0 Å². The molecule has 1 rings (SSSR count). The van der Waals surface area contributed by atoms with Crippen molar-refractivity contribution in [2.45, 2.75) is 38.9 Å². The smallest absolute Gasteiger partial charge is 0.00451 e.